The van der Waals surface area contributed by atoms with E-state index in [4.69, 9.17) is 0 Å². The molecule has 2 heterocycles. The molecule has 2 N–H and O–H groups in total. The fourth-order valence-electron chi connectivity index (χ4n) is 2.66. The summed E-state index contributed by atoms with van der Waals surface area (Å²) in [7, 11) is 0. The number of urea groups is 1. The molecule has 3 amide bonds. The van der Waals surface area contributed by atoms with E-state index in [9.17, 15) is 9.59 Å². The van der Waals surface area contributed by atoms with E-state index in [2.05, 4.69) is 46.4 Å². The molecular weight excluding hydrogens is 278 g/mol. The number of rotatable bonds is 2. The fourth-order valence-corrected chi connectivity index (χ4v) is 2.66. The Hall–Kier alpha value is -2.82. The molecule has 5 nitrogen and oxygen atoms in total. The Labute approximate surface area is 128 Å². The van der Waals surface area contributed by atoms with Gasteiger partial charge in [-0.25, -0.2) is 4.79 Å². The van der Waals surface area contributed by atoms with Gasteiger partial charge in [0.25, 0.3) is 5.91 Å². The van der Waals surface area contributed by atoms with Crippen molar-refractivity contribution in [1.82, 2.24) is 15.2 Å². The van der Waals surface area contributed by atoms with E-state index in [1.165, 1.54) is 5.56 Å². The van der Waals surface area contributed by atoms with Crippen LogP contribution in [0.25, 0.3) is 11.8 Å². The molecule has 0 bridgehead atoms. The number of benzene rings is 1. The van der Waals surface area contributed by atoms with Gasteiger partial charge in [-0.2, -0.15) is 0 Å². The summed E-state index contributed by atoms with van der Waals surface area (Å²) in [4.78, 5) is 22.8. The molecule has 1 aromatic heterocycles. The molecule has 1 aliphatic rings. The van der Waals surface area contributed by atoms with Gasteiger partial charge in [0, 0.05) is 17.1 Å². The number of nitrogens with zero attached hydrogens (tertiary/aromatic N) is 1. The van der Waals surface area contributed by atoms with Crippen molar-refractivity contribution in [3.63, 3.8) is 0 Å². The second kappa shape index (κ2) is 5.18. The zero-order chi connectivity index (χ0) is 15.9. The molecule has 1 fully saturated rings. The lowest BCUT2D eigenvalue weighted by atomic mass is 10.2. The maximum atomic E-state index is 11.6. The van der Waals surface area contributed by atoms with Crippen molar-refractivity contribution in [3.05, 3.63) is 58.5 Å². The van der Waals surface area contributed by atoms with Crippen molar-refractivity contribution in [3.8, 4) is 5.69 Å². The second-order valence-corrected chi connectivity index (χ2v) is 5.46. The fraction of sp³-hybridized carbons (Fsp3) is 0.176. The topological polar surface area (TPSA) is 63.1 Å². The third-order valence-electron chi connectivity index (χ3n) is 3.78. The molecule has 2 aromatic rings. The largest absolute Gasteiger partial charge is 0.326 e. The van der Waals surface area contributed by atoms with Crippen LogP contribution in [0.1, 0.15) is 22.5 Å². The molecule has 5 heteroatoms. The van der Waals surface area contributed by atoms with E-state index in [-0.39, 0.29) is 5.70 Å². The quantitative estimate of drug-likeness (QED) is 0.660. The molecule has 3 rings (SSSR count). The highest BCUT2D eigenvalue weighted by atomic mass is 16.2. The SMILES string of the molecule is Cc1ccc(-n2c(C)cc(C=C3NC(=O)NC3=O)c2C)cc1. The van der Waals surface area contributed by atoms with Crippen LogP contribution in [-0.2, 0) is 4.79 Å². The predicted octanol–water partition coefficient (Wildman–Crippen LogP) is 2.58. The summed E-state index contributed by atoms with van der Waals surface area (Å²) in [6, 6.07) is 9.78. The van der Waals surface area contributed by atoms with Crippen LogP contribution in [-0.4, -0.2) is 16.5 Å². The van der Waals surface area contributed by atoms with E-state index in [0.29, 0.717) is 0 Å². The number of hydrogen-bond donors (Lipinski definition) is 2. The third-order valence-corrected chi connectivity index (χ3v) is 3.78. The van der Waals surface area contributed by atoms with Gasteiger partial charge >= 0.3 is 6.03 Å². The van der Waals surface area contributed by atoms with Crippen molar-refractivity contribution in [2.75, 3.05) is 0 Å². The summed E-state index contributed by atoms with van der Waals surface area (Å²) < 4.78 is 2.13. The Kier molecular flexibility index (Phi) is 3.33. The lowest BCUT2D eigenvalue weighted by molar-refractivity contribution is -0.115. The van der Waals surface area contributed by atoms with Gasteiger partial charge in [0.15, 0.2) is 0 Å². The molecule has 0 atom stereocenters. The molecule has 0 saturated carbocycles. The van der Waals surface area contributed by atoms with Crippen LogP contribution < -0.4 is 10.6 Å². The summed E-state index contributed by atoms with van der Waals surface area (Å²) in [5, 5.41) is 4.71. The molecule has 22 heavy (non-hydrogen) atoms. The highest BCUT2D eigenvalue weighted by Crippen LogP contribution is 2.23. The average molecular weight is 295 g/mol. The van der Waals surface area contributed by atoms with Crippen LogP contribution >= 0.6 is 0 Å². The number of aryl methyl sites for hydroxylation is 2. The lowest BCUT2D eigenvalue weighted by Crippen LogP contribution is -2.22. The zero-order valence-electron chi connectivity index (χ0n) is 12.7. The summed E-state index contributed by atoms with van der Waals surface area (Å²) in [6.07, 6.45) is 1.70. The Morgan fingerprint density at radius 1 is 1.00 bits per heavy atom. The molecule has 0 aliphatic carbocycles. The molecular formula is C17H17N3O2. The maximum Gasteiger partial charge on any atom is 0.326 e. The summed E-state index contributed by atoms with van der Waals surface area (Å²) in [5.41, 5.74) is 5.55. The van der Waals surface area contributed by atoms with Crippen LogP contribution in [0.15, 0.2) is 36.0 Å². The number of carbonyl (C=O) groups excluding carboxylic acids is 2. The minimum atomic E-state index is -0.483. The molecule has 1 aliphatic heterocycles. The Bertz CT molecular complexity index is 798. The van der Waals surface area contributed by atoms with Crippen LogP contribution in [0.5, 0.6) is 0 Å². The highest BCUT2D eigenvalue weighted by molar-refractivity contribution is 6.14. The number of imide groups is 1. The first-order chi connectivity index (χ1) is 10.5. The predicted molar refractivity (Wildman–Crippen MR) is 84.6 cm³/mol. The maximum absolute atomic E-state index is 11.6. The number of amides is 3. The minimum absolute atomic E-state index is 0.272. The van der Waals surface area contributed by atoms with E-state index in [1.807, 2.05) is 19.9 Å². The van der Waals surface area contributed by atoms with Crippen LogP contribution in [0.2, 0.25) is 0 Å². The monoisotopic (exact) mass is 295 g/mol. The molecule has 0 spiro atoms. The number of hydrogen-bond acceptors (Lipinski definition) is 2. The van der Waals surface area contributed by atoms with E-state index < -0.39 is 11.9 Å². The second-order valence-electron chi connectivity index (χ2n) is 5.46. The number of carbonyl (C=O) groups is 2. The molecule has 112 valence electrons. The van der Waals surface area contributed by atoms with Crippen LogP contribution in [0, 0.1) is 20.8 Å². The molecule has 0 radical (unpaired) electrons. The highest BCUT2D eigenvalue weighted by Gasteiger charge is 2.23. The van der Waals surface area contributed by atoms with Gasteiger partial charge in [0.1, 0.15) is 5.70 Å². The molecule has 1 aromatic carbocycles. The number of nitrogens with one attached hydrogen (secondary N) is 2. The minimum Gasteiger partial charge on any atom is -0.318 e. The average Bonchev–Trinajstić information content (AvgIpc) is 2.92. The lowest BCUT2D eigenvalue weighted by Gasteiger charge is -2.10. The van der Waals surface area contributed by atoms with Crippen molar-refractivity contribution in [1.29, 1.82) is 0 Å². The summed E-state index contributed by atoms with van der Waals surface area (Å²) in [6.45, 7) is 6.06. The first-order valence-corrected chi connectivity index (χ1v) is 7.06. The number of aromatic nitrogens is 1. The van der Waals surface area contributed by atoms with Gasteiger partial charge in [-0.3, -0.25) is 10.1 Å². The van der Waals surface area contributed by atoms with E-state index in [1.54, 1.807) is 6.08 Å². The molecule has 0 unspecified atom stereocenters. The van der Waals surface area contributed by atoms with Crippen LogP contribution in [0.3, 0.4) is 0 Å². The van der Waals surface area contributed by atoms with Gasteiger partial charge in [-0.1, -0.05) is 17.7 Å². The van der Waals surface area contributed by atoms with Gasteiger partial charge in [-0.15, -0.1) is 0 Å². The Morgan fingerprint density at radius 2 is 1.68 bits per heavy atom. The zero-order valence-corrected chi connectivity index (χ0v) is 12.7. The van der Waals surface area contributed by atoms with Crippen LogP contribution in [0.4, 0.5) is 4.79 Å². The Balaban J connectivity index is 2.04. The van der Waals surface area contributed by atoms with Gasteiger partial charge in [0.2, 0.25) is 0 Å². The normalized spacial score (nSPS) is 16.0. The van der Waals surface area contributed by atoms with Crippen molar-refractivity contribution in [2.24, 2.45) is 0 Å². The van der Waals surface area contributed by atoms with Gasteiger partial charge in [0.05, 0.1) is 0 Å². The standard InChI is InChI=1S/C17H17N3O2/c1-10-4-6-14(7-5-10)20-11(2)8-13(12(20)3)9-15-16(21)19-17(22)18-15/h4-9H,1-3H3,(H2,18,19,21,22). The van der Waals surface area contributed by atoms with E-state index >= 15 is 0 Å². The van der Waals surface area contributed by atoms with Crippen molar-refractivity contribution >= 4 is 18.0 Å². The first-order valence-electron chi connectivity index (χ1n) is 7.06. The van der Waals surface area contributed by atoms with Gasteiger partial charge in [-0.05, 0) is 50.6 Å². The summed E-state index contributed by atoms with van der Waals surface area (Å²) >= 11 is 0. The van der Waals surface area contributed by atoms with E-state index in [0.717, 1.165) is 22.6 Å². The van der Waals surface area contributed by atoms with Crippen molar-refractivity contribution in [2.45, 2.75) is 20.8 Å². The van der Waals surface area contributed by atoms with Gasteiger partial charge < -0.3 is 9.88 Å². The summed E-state index contributed by atoms with van der Waals surface area (Å²) in [5.74, 6) is -0.398. The first kappa shape index (κ1) is 14.1. The Morgan fingerprint density at radius 3 is 2.27 bits per heavy atom. The third kappa shape index (κ3) is 2.41. The smallest absolute Gasteiger partial charge is 0.318 e. The molecule has 1 saturated heterocycles. The van der Waals surface area contributed by atoms with Crippen molar-refractivity contribution < 1.29 is 9.59 Å².